The highest BCUT2D eigenvalue weighted by molar-refractivity contribution is 7.15. The van der Waals surface area contributed by atoms with Gasteiger partial charge < -0.3 is 10.6 Å². The van der Waals surface area contributed by atoms with Crippen molar-refractivity contribution in [3.05, 3.63) is 11.2 Å². The van der Waals surface area contributed by atoms with E-state index >= 15 is 0 Å². The third kappa shape index (κ3) is 2.55. The van der Waals surface area contributed by atoms with Crippen molar-refractivity contribution in [3.8, 4) is 0 Å². The van der Waals surface area contributed by atoms with Gasteiger partial charge in [-0.1, -0.05) is 6.42 Å². The Hall–Kier alpha value is -0.610. The number of nitrogens with zero attached hydrogens (tertiary/aromatic N) is 2. The van der Waals surface area contributed by atoms with Crippen LogP contribution in [0.3, 0.4) is 0 Å². The maximum absolute atomic E-state index is 6.13. The van der Waals surface area contributed by atoms with Crippen LogP contribution in [0.1, 0.15) is 31.2 Å². The Labute approximate surface area is 102 Å². The molecule has 1 fully saturated rings. The number of aryl methyl sites for hydroxylation is 1. The van der Waals surface area contributed by atoms with Crippen molar-refractivity contribution in [1.29, 1.82) is 0 Å². The topological polar surface area (TPSA) is 42.1 Å². The van der Waals surface area contributed by atoms with Crippen LogP contribution < -0.4 is 10.6 Å². The van der Waals surface area contributed by atoms with Gasteiger partial charge in [0.2, 0.25) is 0 Å². The summed E-state index contributed by atoms with van der Waals surface area (Å²) in [7, 11) is 0. The van der Waals surface area contributed by atoms with Crippen LogP contribution in [0, 0.1) is 12.8 Å². The quantitative estimate of drug-likeness (QED) is 0.877. The van der Waals surface area contributed by atoms with Crippen LogP contribution in [0.4, 0.5) is 5.00 Å². The molecular formula is C12H21N3S. The van der Waals surface area contributed by atoms with Crippen molar-refractivity contribution < 1.29 is 0 Å². The van der Waals surface area contributed by atoms with E-state index in [4.69, 9.17) is 5.73 Å². The van der Waals surface area contributed by atoms with Gasteiger partial charge in [0.15, 0.2) is 0 Å². The largest absolute Gasteiger partial charge is 0.362 e. The predicted molar refractivity (Wildman–Crippen MR) is 70.1 cm³/mol. The molecule has 1 heterocycles. The van der Waals surface area contributed by atoms with Gasteiger partial charge in [-0.2, -0.15) is 0 Å². The van der Waals surface area contributed by atoms with Crippen molar-refractivity contribution in [2.24, 2.45) is 11.7 Å². The van der Waals surface area contributed by atoms with E-state index in [0.29, 0.717) is 12.0 Å². The molecule has 1 aliphatic carbocycles. The third-order valence-corrected chi connectivity index (χ3v) is 4.45. The molecule has 0 unspecified atom stereocenters. The second-order valence-corrected chi connectivity index (χ2v) is 5.82. The van der Waals surface area contributed by atoms with E-state index in [9.17, 15) is 0 Å². The van der Waals surface area contributed by atoms with Crippen molar-refractivity contribution in [2.75, 3.05) is 18.0 Å². The standard InChI is InChI=1S/C12H21N3S/c1-3-15(12-7-14-9(2)16-12)8-10-5-4-6-11(10)13/h7,10-11H,3-6,8,13H2,1-2H3/t10-,11+/m0/s1. The lowest BCUT2D eigenvalue weighted by Crippen LogP contribution is -2.35. The smallest absolute Gasteiger partial charge is 0.111 e. The number of thiazole rings is 1. The number of rotatable bonds is 4. The Morgan fingerprint density at radius 2 is 2.38 bits per heavy atom. The van der Waals surface area contributed by atoms with Gasteiger partial charge in [-0.15, -0.1) is 11.3 Å². The van der Waals surface area contributed by atoms with Crippen molar-refractivity contribution in [1.82, 2.24) is 4.98 Å². The fourth-order valence-electron chi connectivity index (χ4n) is 2.45. The predicted octanol–water partition coefficient (Wildman–Crippen LogP) is 2.41. The van der Waals surface area contributed by atoms with Crippen molar-refractivity contribution >= 4 is 16.3 Å². The maximum Gasteiger partial charge on any atom is 0.111 e. The van der Waals surface area contributed by atoms with Gasteiger partial charge in [-0.25, -0.2) is 4.98 Å². The van der Waals surface area contributed by atoms with Gasteiger partial charge in [0.1, 0.15) is 5.00 Å². The van der Waals surface area contributed by atoms with E-state index < -0.39 is 0 Å². The molecule has 0 aliphatic heterocycles. The molecule has 1 aromatic heterocycles. The number of aromatic nitrogens is 1. The van der Waals surface area contributed by atoms with Crippen LogP contribution in [0.25, 0.3) is 0 Å². The van der Waals surface area contributed by atoms with Crippen LogP contribution in [0.15, 0.2) is 6.20 Å². The number of hydrogen-bond acceptors (Lipinski definition) is 4. The summed E-state index contributed by atoms with van der Waals surface area (Å²) < 4.78 is 0. The lowest BCUT2D eigenvalue weighted by molar-refractivity contribution is 0.476. The average Bonchev–Trinajstić information content (AvgIpc) is 2.85. The Kier molecular flexibility index (Phi) is 3.82. The average molecular weight is 239 g/mol. The summed E-state index contributed by atoms with van der Waals surface area (Å²) in [6.07, 6.45) is 5.77. The lowest BCUT2D eigenvalue weighted by Gasteiger charge is -2.26. The molecule has 1 aromatic rings. The molecule has 0 radical (unpaired) electrons. The second kappa shape index (κ2) is 5.15. The van der Waals surface area contributed by atoms with Gasteiger partial charge >= 0.3 is 0 Å². The first-order chi connectivity index (χ1) is 7.70. The molecule has 2 atom stereocenters. The minimum Gasteiger partial charge on any atom is -0.362 e. The Balaban J connectivity index is 2.00. The molecule has 2 rings (SSSR count). The van der Waals surface area contributed by atoms with Gasteiger partial charge in [-0.05, 0) is 32.6 Å². The van der Waals surface area contributed by atoms with Crippen LogP contribution in [0.5, 0.6) is 0 Å². The first-order valence-electron chi connectivity index (χ1n) is 6.13. The highest BCUT2D eigenvalue weighted by Gasteiger charge is 2.26. The van der Waals surface area contributed by atoms with Gasteiger partial charge in [0.25, 0.3) is 0 Å². The Bertz CT molecular complexity index is 337. The van der Waals surface area contributed by atoms with Crippen molar-refractivity contribution in [2.45, 2.75) is 39.2 Å². The summed E-state index contributed by atoms with van der Waals surface area (Å²) in [4.78, 5) is 6.74. The zero-order valence-electron chi connectivity index (χ0n) is 10.1. The molecule has 0 saturated heterocycles. The van der Waals surface area contributed by atoms with E-state index in [0.717, 1.165) is 18.1 Å². The van der Waals surface area contributed by atoms with Crippen LogP contribution in [-0.4, -0.2) is 24.1 Å². The molecule has 3 nitrogen and oxygen atoms in total. The fourth-order valence-corrected chi connectivity index (χ4v) is 3.29. The summed E-state index contributed by atoms with van der Waals surface area (Å²) >= 11 is 1.78. The minimum absolute atomic E-state index is 0.406. The van der Waals surface area contributed by atoms with Crippen LogP contribution in [-0.2, 0) is 0 Å². The first kappa shape index (κ1) is 11.9. The number of hydrogen-bond donors (Lipinski definition) is 1. The van der Waals surface area contributed by atoms with Gasteiger partial charge in [0.05, 0.1) is 11.2 Å². The van der Waals surface area contributed by atoms with E-state index in [2.05, 4.69) is 23.7 Å². The summed E-state index contributed by atoms with van der Waals surface area (Å²) in [6.45, 7) is 6.41. The highest BCUT2D eigenvalue weighted by atomic mass is 32.1. The molecular weight excluding hydrogens is 218 g/mol. The molecule has 16 heavy (non-hydrogen) atoms. The Morgan fingerprint density at radius 1 is 1.56 bits per heavy atom. The van der Waals surface area contributed by atoms with E-state index in [1.54, 1.807) is 11.3 Å². The van der Waals surface area contributed by atoms with Gasteiger partial charge in [-0.3, -0.25) is 0 Å². The second-order valence-electron chi connectivity index (χ2n) is 4.61. The fraction of sp³-hybridized carbons (Fsp3) is 0.750. The van der Waals surface area contributed by atoms with Crippen LogP contribution >= 0.6 is 11.3 Å². The zero-order chi connectivity index (χ0) is 11.5. The third-order valence-electron chi connectivity index (χ3n) is 3.48. The monoisotopic (exact) mass is 239 g/mol. The lowest BCUT2D eigenvalue weighted by atomic mass is 10.0. The molecule has 0 spiro atoms. The molecule has 4 heteroatoms. The van der Waals surface area contributed by atoms with E-state index in [1.807, 2.05) is 6.20 Å². The highest BCUT2D eigenvalue weighted by Crippen LogP contribution is 2.29. The summed E-state index contributed by atoms with van der Waals surface area (Å²) in [6, 6.07) is 0.406. The van der Waals surface area contributed by atoms with E-state index in [1.165, 1.54) is 24.3 Å². The van der Waals surface area contributed by atoms with Crippen LogP contribution in [0.2, 0.25) is 0 Å². The molecule has 1 saturated carbocycles. The molecule has 2 N–H and O–H groups in total. The van der Waals surface area contributed by atoms with Gasteiger partial charge in [0, 0.05) is 19.1 Å². The Morgan fingerprint density at radius 3 is 2.88 bits per heavy atom. The molecule has 0 aromatic carbocycles. The first-order valence-corrected chi connectivity index (χ1v) is 6.95. The summed E-state index contributed by atoms with van der Waals surface area (Å²) in [5, 5.41) is 2.43. The molecule has 90 valence electrons. The molecule has 0 amide bonds. The number of nitrogens with two attached hydrogens (primary N) is 1. The maximum atomic E-state index is 6.13. The molecule has 0 bridgehead atoms. The van der Waals surface area contributed by atoms with Crippen molar-refractivity contribution in [3.63, 3.8) is 0 Å². The number of anilines is 1. The summed E-state index contributed by atoms with van der Waals surface area (Å²) in [5.74, 6) is 0.669. The normalized spacial score (nSPS) is 24.9. The zero-order valence-corrected chi connectivity index (χ0v) is 11.0. The molecule has 1 aliphatic rings. The summed E-state index contributed by atoms with van der Waals surface area (Å²) in [5.41, 5.74) is 6.13. The SMILES string of the molecule is CCN(C[C@@H]1CCC[C@H]1N)c1cnc(C)s1. The van der Waals surface area contributed by atoms with E-state index in [-0.39, 0.29) is 0 Å². The minimum atomic E-state index is 0.406.